The molecule has 1 heterocycles. The molecule has 20 heavy (non-hydrogen) atoms. The van der Waals surface area contributed by atoms with E-state index in [4.69, 9.17) is 22.9 Å². The predicted octanol–water partition coefficient (Wildman–Crippen LogP) is 3.20. The Hall–Kier alpha value is -1.16. The van der Waals surface area contributed by atoms with Gasteiger partial charge in [0.1, 0.15) is 10.8 Å². The summed E-state index contributed by atoms with van der Waals surface area (Å²) in [6.07, 6.45) is 8.43. The van der Waals surface area contributed by atoms with Gasteiger partial charge in [-0.1, -0.05) is 19.1 Å². The summed E-state index contributed by atoms with van der Waals surface area (Å²) in [5.74, 6) is 1.77. The maximum Gasteiger partial charge on any atom is 0.136 e. The Morgan fingerprint density at radius 3 is 2.75 bits per heavy atom. The van der Waals surface area contributed by atoms with Crippen LogP contribution in [0.2, 0.25) is 0 Å². The van der Waals surface area contributed by atoms with Crippen LogP contribution < -0.4 is 11.1 Å². The van der Waals surface area contributed by atoms with E-state index in [1.807, 2.05) is 0 Å². The van der Waals surface area contributed by atoms with Crippen LogP contribution in [-0.2, 0) is 12.8 Å². The Morgan fingerprint density at radius 2 is 2.05 bits per heavy atom. The minimum absolute atomic E-state index is 0.457. The van der Waals surface area contributed by atoms with Crippen LogP contribution in [0.4, 0.5) is 5.82 Å². The van der Waals surface area contributed by atoms with Gasteiger partial charge in [0.15, 0.2) is 0 Å². The fourth-order valence-electron chi connectivity index (χ4n) is 3.37. The first-order valence-electron chi connectivity index (χ1n) is 7.72. The van der Waals surface area contributed by atoms with E-state index in [9.17, 15) is 0 Å². The lowest BCUT2D eigenvalue weighted by Gasteiger charge is -2.28. The first-order valence-corrected chi connectivity index (χ1v) is 8.13. The van der Waals surface area contributed by atoms with E-state index in [-0.39, 0.29) is 0 Å². The molecule has 0 unspecified atom stereocenters. The fourth-order valence-corrected chi connectivity index (χ4v) is 3.52. The molecule has 3 N–H and O–H groups in total. The topological polar surface area (TPSA) is 50.9 Å². The minimum atomic E-state index is 0.457. The van der Waals surface area contributed by atoms with Crippen molar-refractivity contribution in [2.75, 3.05) is 5.32 Å². The third kappa shape index (κ3) is 2.80. The van der Waals surface area contributed by atoms with Crippen LogP contribution in [0, 0.1) is 5.92 Å². The number of anilines is 1. The third-order valence-corrected chi connectivity index (χ3v) is 4.89. The van der Waals surface area contributed by atoms with Gasteiger partial charge in [0.2, 0.25) is 0 Å². The van der Waals surface area contributed by atoms with E-state index in [2.05, 4.69) is 18.3 Å². The predicted molar refractivity (Wildman–Crippen MR) is 87.2 cm³/mol. The second kappa shape index (κ2) is 5.68. The molecule has 3 nitrogen and oxygen atoms in total. The lowest BCUT2D eigenvalue weighted by molar-refractivity contribution is 0.361. The molecule has 2 aliphatic rings. The molecule has 0 aliphatic heterocycles. The number of aryl methyl sites for hydroxylation is 2. The first-order chi connectivity index (χ1) is 9.63. The second-order valence-corrected chi connectivity index (χ2v) is 6.75. The van der Waals surface area contributed by atoms with Gasteiger partial charge >= 0.3 is 0 Å². The summed E-state index contributed by atoms with van der Waals surface area (Å²) >= 11 is 5.20. The summed E-state index contributed by atoms with van der Waals surface area (Å²) in [5, 5.41) is 3.60. The minimum Gasteiger partial charge on any atom is -0.389 e. The molecule has 3 rings (SSSR count). The number of thiocarbonyl (C=S) groups is 1. The van der Waals surface area contributed by atoms with Gasteiger partial charge in [0.05, 0.1) is 5.56 Å². The number of nitrogens with two attached hydrogens (primary N) is 1. The number of hydrogen-bond acceptors (Lipinski definition) is 3. The Morgan fingerprint density at radius 1 is 1.30 bits per heavy atom. The summed E-state index contributed by atoms with van der Waals surface area (Å²) in [6, 6.07) is 2.68. The van der Waals surface area contributed by atoms with Crippen LogP contribution in [0.1, 0.15) is 55.8 Å². The van der Waals surface area contributed by atoms with Gasteiger partial charge in [-0.3, -0.25) is 0 Å². The van der Waals surface area contributed by atoms with E-state index >= 15 is 0 Å². The molecule has 0 bridgehead atoms. The van der Waals surface area contributed by atoms with E-state index in [0.717, 1.165) is 30.1 Å². The van der Waals surface area contributed by atoms with E-state index in [1.54, 1.807) is 0 Å². The van der Waals surface area contributed by atoms with Crippen LogP contribution in [0.5, 0.6) is 0 Å². The summed E-state index contributed by atoms with van der Waals surface area (Å²) < 4.78 is 0. The van der Waals surface area contributed by atoms with E-state index < -0.39 is 0 Å². The largest absolute Gasteiger partial charge is 0.389 e. The molecule has 2 aliphatic carbocycles. The number of nitrogens with one attached hydrogen (secondary N) is 1. The number of hydrogen-bond donors (Lipinski definition) is 2. The van der Waals surface area contributed by atoms with Crippen LogP contribution in [0.25, 0.3) is 0 Å². The highest BCUT2D eigenvalue weighted by molar-refractivity contribution is 7.80. The molecule has 1 aromatic heterocycles. The zero-order chi connectivity index (χ0) is 14.1. The maximum absolute atomic E-state index is 5.89. The van der Waals surface area contributed by atoms with Crippen molar-refractivity contribution < 1.29 is 0 Å². The number of nitrogens with zero attached hydrogens (tertiary/aromatic N) is 1. The van der Waals surface area contributed by atoms with Gasteiger partial charge < -0.3 is 11.1 Å². The summed E-state index contributed by atoms with van der Waals surface area (Å²) in [7, 11) is 0. The molecule has 0 spiro atoms. The summed E-state index contributed by atoms with van der Waals surface area (Å²) in [5.41, 5.74) is 9.38. The lowest BCUT2D eigenvalue weighted by atomic mass is 9.87. The van der Waals surface area contributed by atoms with Crippen LogP contribution >= 0.6 is 12.2 Å². The van der Waals surface area contributed by atoms with Gasteiger partial charge in [0, 0.05) is 11.7 Å². The zero-order valence-electron chi connectivity index (χ0n) is 12.1. The van der Waals surface area contributed by atoms with Crippen molar-refractivity contribution >= 4 is 23.0 Å². The van der Waals surface area contributed by atoms with Crippen molar-refractivity contribution in [3.8, 4) is 0 Å². The highest BCUT2D eigenvalue weighted by Crippen LogP contribution is 2.29. The van der Waals surface area contributed by atoms with Gasteiger partial charge in [-0.25, -0.2) is 4.98 Å². The second-order valence-electron chi connectivity index (χ2n) is 6.31. The number of rotatable bonds is 3. The Bertz CT molecular complexity index is 519. The molecule has 0 atom stereocenters. The summed E-state index contributed by atoms with van der Waals surface area (Å²) in [6.45, 7) is 2.34. The number of aromatic nitrogens is 1. The quantitative estimate of drug-likeness (QED) is 0.839. The Labute approximate surface area is 126 Å². The highest BCUT2D eigenvalue weighted by atomic mass is 32.1. The molecular formula is C16H23N3S. The lowest BCUT2D eigenvalue weighted by Crippen LogP contribution is -2.27. The molecule has 1 saturated carbocycles. The van der Waals surface area contributed by atoms with Gasteiger partial charge in [0.25, 0.3) is 0 Å². The molecule has 1 fully saturated rings. The average molecular weight is 289 g/mol. The van der Waals surface area contributed by atoms with E-state index in [1.165, 1.54) is 43.4 Å². The van der Waals surface area contributed by atoms with E-state index in [0.29, 0.717) is 11.0 Å². The van der Waals surface area contributed by atoms with Crippen LogP contribution in [0.3, 0.4) is 0 Å². The Balaban J connectivity index is 1.82. The number of pyridine rings is 1. The van der Waals surface area contributed by atoms with Gasteiger partial charge in [-0.2, -0.15) is 0 Å². The highest BCUT2D eigenvalue weighted by Gasteiger charge is 2.22. The standard InChI is InChI=1S/C16H23N3S/c1-10-5-7-12(8-6-10)18-16-13(15(17)20)9-11-3-2-4-14(11)19-16/h9-10,12H,2-8H2,1H3,(H2,17,20)(H,18,19). The van der Waals surface area contributed by atoms with Crippen molar-refractivity contribution in [2.45, 2.75) is 57.9 Å². The smallest absolute Gasteiger partial charge is 0.136 e. The average Bonchev–Trinajstić information content (AvgIpc) is 2.87. The SMILES string of the molecule is CC1CCC(Nc2nc3c(cc2C(N)=S)CCC3)CC1. The van der Waals surface area contributed by atoms with Crippen molar-refractivity contribution in [1.82, 2.24) is 4.98 Å². The monoisotopic (exact) mass is 289 g/mol. The molecule has 0 saturated heterocycles. The van der Waals surface area contributed by atoms with Crippen molar-refractivity contribution in [1.29, 1.82) is 0 Å². The molecule has 108 valence electrons. The molecule has 0 aromatic carbocycles. The van der Waals surface area contributed by atoms with Crippen molar-refractivity contribution in [3.63, 3.8) is 0 Å². The van der Waals surface area contributed by atoms with Crippen molar-refractivity contribution in [2.24, 2.45) is 11.7 Å². The molecular weight excluding hydrogens is 266 g/mol. The van der Waals surface area contributed by atoms with Crippen LogP contribution in [0.15, 0.2) is 6.07 Å². The third-order valence-electron chi connectivity index (χ3n) is 4.67. The van der Waals surface area contributed by atoms with Gasteiger partial charge in [-0.15, -0.1) is 0 Å². The zero-order valence-corrected chi connectivity index (χ0v) is 12.9. The van der Waals surface area contributed by atoms with Crippen LogP contribution in [-0.4, -0.2) is 16.0 Å². The summed E-state index contributed by atoms with van der Waals surface area (Å²) in [4.78, 5) is 5.27. The van der Waals surface area contributed by atoms with Gasteiger partial charge in [-0.05, 0) is 62.5 Å². The Kier molecular flexibility index (Phi) is 3.92. The molecule has 0 radical (unpaired) electrons. The molecule has 4 heteroatoms. The normalized spacial score (nSPS) is 25.2. The number of fused-ring (bicyclic) bond motifs is 1. The van der Waals surface area contributed by atoms with Crippen molar-refractivity contribution in [3.05, 3.63) is 22.9 Å². The molecule has 0 amide bonds. The first kappa shape index (κ1) is 13.8. The maximum atomic E-state index is 5.89. The fraction of sp³-hybridized carbons (Fsp3) is 0.625. The molecule has 1 aromatic rings.